The Labute approximate surface area is 518 Å². The number of anilines is 10. The molecular weight excluding hydrogens is 1060 g/mol. The lowest BCUT2D eigenvalue weighted by Gasteiger charge is -2.31. The van der Waals surface area contributed by atoms with Crippen LogP contribution in [0.5, 0.6) is 0 Å². The zero-order valence-electron chi connectivity index (χ0n) is 54.9. The van der Waals surface area contributed by atoms with Crippen molar-refractivity contribution in [1.29, 1.82) is 0 Å². The molecular formula is C80H61N7. The molecule has 0 amide bonds. The Kier molecular flexibility index (Phi) is 11.9. The molecule has 2 aromatic heterocycles. The first kappa shape index (κ1) is 45.3. The molecule has 11 aromatic carbocycles. The Bertz CT molecular complexity index is 5020. The Hall–Kier alpha value is -11.2. The predicted molar refractivity (Wildman–Crippen MR) is 361 cm³/mol. The van der Waals surface area contributed by atoms with Gasteiger partial charge in [-0.2, -0.15) is 0 Å². The molecule has 87 heavy (non-hydrogen) atoms. The van der Waals surface area contributed by atoms with E-state index < -0.39 is 24.5 Å². The molecule has 0 saturated heterocycles. The smallest absolute Gasteiger partial charge is 0.178 e. The van der Waals surface area contributed by atoms with Crippen LogP contribution in [0.25, 0.3) is 77.9 Å². The second-order valence-corrected chi connectivity index (χ2v) is 22.0. The van der Waals surface area contributed by atoms with Gasteiger partial charge in [0, 0.05) is 71.9 Å². The van der Waals surface area contributed by atoms with Crippen LogP contribution in [0, 0.1) is 5.92 Å². The van der Waals surface area contributed by atoms with Crippen LogP contribution in [-0.2, 0) is 6.37 Å². The summed E-state index contributed by atoms with van der Waals surface area (Å²) in [6.45, 7) is 4.00. The lowest BCUT2D eigenvalue weighted by molar-refractivity contribution is 0.647. The highest BCUT2D eigenvalue weighted by molar-refractivity contribution is 6.04. The van der Waals surface area contributed by atoms with E-state index in [1.807, 2.05) is 147 Å². The minimum Gasteiger partial charge on any atom is -0.310 e. The number of benzene rings is 11. The average molecular weight is 1130 g/mol. The number of nitrogens with zero attached hydrogens (tertiary/aromatic N) is 7. The van der Waals surface area contributed by atoms with Crippen molar-refractivity contribution >= 4 is 57.3 Å². The molecule has 0 aliphatic carbocycles. The molecule has 2 aliphatic heterocycles. The van der Waals surface area contributed by atoms with E-state index in [0.29, 0.717) is 34.3 Å². The Morgan fingerprint density at radius 1 is 0.414 bits per heavy atom. The van der Waals surface area contributed by atoms with Crippen molar-refractivity contribution in [1.82, 2.24) is 15.0 Å². The van der Waals surface area contributed by atoms with E-state index in [0.717, 1.165) is 101 Å². The monoisotopic (exact) mass is 1130 g/mol. The number of aromatic nitrogens is 3. The molecule has 0 saturated carbocycles. The molecule has 13 aromatic rings. The summed E-state index contributed by atoms with van der Waals surface area (Å²) in [6, 6.07) is 84.6. The van der Waals surface area contributed by atoms with Crippen LogP contribution < -0.4 is 19.6 Å². The molecule has 7 nitrogen and oxygen atoms in total. The molecule has 0 N–H and O–H groups in total. The standard InChI is InChI=1S/C80H61N7/c1-55(2)46-63-50-77(83-53-74(63)59-30-14-6-15-31-59)87-75-41-21-20-38-72(75)70-36-18-19-37-71(70)73-43-42-65(52-76(73)87)86(64-34-16-7-17-35-64)67-49-62(57-26-10-4-11-27-57)48-66(51-67)84-54-85(80-79(84)81-44-45-82-80)78-68(58-28-12-5-13-29-58)39-23-40-69(78)61-33-22-32-60(47-61)56-24-8-3-9-25-56/h3-45,47-53,55H,46,54H2,1-2H3/i5D,12D,13D,28D,29D,46D2. The topological polar surface area (TPSA) is 51.6 Å². The highest BCUT2D eigenvalue weighted by Gasteiger charge is 2.35. The lowest BCUT2D eigenvalue weighted by Crippen LogP contribution is -2.25. The fraction of sp³-hybridized carbons (Fsp3) is 0.0625. The maximum absolute atomic E-state index is 9.72. The molecule has 15 rings (SSSR count). The number of rotatable bonds is 13. The fourth-order valence-electron chi connectivity index (χ4n) is 12.4. The largest absolute Gasteiger partial charge is 0.310 e. The van der Waals surface area contributed by atoms with Gasteiger partial charge < -0.3 is 14.7 Å². The molecule has 0 radical (unpaired) electrons. The third-order valence-corrected chi connectivity index (χ3v) is 16.2. The van der Waals surface area contributed by atoms with E-state index in [2.05, 4.69) is 147 Å². The molecule has 0 fully saturated rings. The van der Waals surface area contributed by atoms with Crippen LogP contribution in [0.2, 0.25) is 0 Å². The SMILES string of the molecule is [2H]c1c([2H])c([2H])c(-c2cccc(-c3cccc(-c4ccccc4)c3)c2N2CN(c3cc(-c4ccccc4)cc(N(c4ccccc4)c4ccc5c(c4)N(c4cc(C([2H])([2H])C(C)C)c(-c6ccccc6)cn4)c4ccccc4-c4ccccc4-5)c3)c3nccnc32)c([2H])c1[2H]. The van der Waals surface area contributed by atoms with Crippen molar-refractivity contribution in [3.63, 3.8) is 0 Å². The van der Waals surface area contributed by atoms with Gasteiger partial charge in [-0.3, -0.25) is 4.90 Å². The van der Waals surface area contributed by atoms with Crippen LogP contribution in [0.3, 0.4) is 0 Å². The van der Waals surface area contributed by atoms with E-state index >= 15 is 0 Å². The van der Waals surface area contributed by atoms with Gasteiger partial charge in [-0.1, -0.05) is 238 Å². The van der Waals surface area contributed by atoms with Gasteiger partial charge in [0.1, 0.15) is 12.5 Å². The number of pyridine rings is 1. The molecule has 7 heteroatoms. The van der Waals surface area contributed by atoms with Crippen molar-refractivity contribution in [2.45, 2.75) is 20.2 Å². The van der Waals surface area contributed by atoms with Crippen molar-refractivity contribution in [2.75, 3.05) is 26.3 Å². The second-order valence-electron chi connectivity index (χ2n) is 22.0. The molecule has 0 bridgehead atoms. The Balaban J connectivity index is 0.938. The third kappa shape index (κ3) is 9.95. The summed E-state index contributed by atoms with van der Waals surface area (Å²) in [7, 11) is 0. The maximum atomic E-state index is 9.72. The van der Waals surface area contributed by atoms with Gasteiger partial charge in [-0.05, 0) is 129 Å². The number of fused-ring (bicyclic) bond motifs is 6. The summed E-state index contributed by atoms with van der Waals surface area (Å²) in [6.07, 6.45) is 3.43. The van der Waals surface area contributed by atoms with E-state index in [1.165, 1.54) is 0 Å². The summed E-state index contributed by atoms with van der Waals surface area (Å²) in [5, 5.41) is 0. The van der Waals surface area contributed by atoms with Crippen LogP contribution in [0.1, 0.15) is 29.0 Å². The summed E-state index contributed by atoms with van der Waals surface area (Å²) in [4.78, 5) is 24.2. The minimum absolute atomic E-state index is 0.0704. The molecule has 2 aliphatic rings. The van der Waals surface area contributed by atoms with E-state index in [1.54, 1.807) is 12.4 Å². The first-order valence-corrected chi connectivity index (χ1v) is 29.3. The zero-order chi connectivity index (χ0) is 64.4. The van der Waals surface area contributed by atoms with E-state index in [4.69, 9.17) is 19.1 Å². The summed E-state index contributed by atoms with van der Waals surface area (Å²) >= 11 is 0. The normalized spacial score (nSPS) is 13.6. The van der Waals surface area contributed by atoms with Crippen molar-refractivity contribution < 1.29 is 9.60 Å². The van der Waals surface area contributed by atoms with Crippen molar-refractivity contribution in [3.05, 3.63) is 309 Å². The molecule has 4 heterocycles. The number of hydrogen-bond donors (Lipinski definition) is 0. The van der Waals surface area contributed by atoms with Crippen molar-refractivity contribution in [2.24, 2.45) is 5.92 Å². The van der Waals surface area contributed by atoms with Crippen LogP contribution >= 0.6 is 0 Å². The Morgan fingerprint density at radius 2 is 0.977 bits per heavy atom. The molecule has 0 spiro atoms. The summed E-state index contributed by atoms with van der Waals surface area (Å²) in [5.74, 6) is 1.26. The van der Waals surface area contributed by atoms with Gasteiger partial charge in [0.2, 0.25) is 0 Å². The van der Waals surface area contributed by atoms with Gasteiger partial charge in [-0.15, -0.1) is 0 Å². The predicted octanol–water partition coefficient (Wildman–Crippen LogP) is 21.2. The van der Waals surface area contributed by atoms with Crippen LogP contribution in [0.15, 0.2) is 304 Å². The van der Waals surface area contributed by atoms with Gasteiger partial charge in [-0.25, -0.2) is 15.0 Å². The quantitative estimate of drug-likeness (QED) is 0.114. The van der Waals surface area contributed by atoms with Gasteiger partial charge in [0.25, 0.3) is 0 Å². The summed E-state index contributed by atoms with van der Waals surface area (Å²) < 4.78 is 64.7. The van der Waals surface area contributed by atoms with Gasteiger partial charge in [0.05, 0.1) is 23.9 Å². The van der Waals surface area contributed by atoms with Crippen molar-refractivity contribution in [3.8, 4) is 77.9 Å². The van der Waals surface area contributed by atoms with Gasteiger partial charge in [0.15, 0.2) is 11.6 Å². The lowest BCUT2D eigenvalue weighted by atomic mass is 9.93. The second kappa shape index (κ2) is 22.8. The highest BCUT2D eigenvalue weighted by atomic mass is 15.4. The highest BCUT2D eigenvalue weighted by Crippen LogP contribution is 2.54. The fourth-order valence-corrected chi connectivity index (χ4v) is 12.4. The van der Waals surface area contributed by atoms with E-state index in [9.17, 15) is 5.48 Å². The summed E-state index contributed by atoms with van der Waals surface area (Å²) in [5.41, 5.74) is 17.9. The van der Waals surface area contributed by atoms with E-state index in [-0.39, 0.29) is 30.2 Å². The Morgan fingerprint density at radius 3 is 1.68 bits per heavy atom. The first-order chi connectivity index (χ1) is 45.8. The zero-order valence-corrected chi connectivity index (χ0v) is 47.9. The minimum atomic E-state index is -1.74. The van der Waals surface area contributed by atoms with Gasteiger partial charge >= 0.3 is 0 Å². The molecule has 0 atom stereocenters. The molecule has 416 valence electrons. The maximum Gasteiger partial charge on any atom is 0.178 e. The van der Waals surface area contributed by atoms with Crippen LogP contribution in [-0.4, -0.2) is 21.6 Å². The third-order valence-electron chi connectivity index (χ3n) is 16.2. The number of hydrogen-bond acceptors (Lipinski definition) is 7. The van der Waals surface area contributed by atoms with Crippen LogP contribution in [0.4, 0.5) is 57.3 Å². The average Bonchev–Trinajstić information content (AvgIpc) is 1.48. The first-order valence-electron chi connectivity index (χ1n) is 32.8. The molecule has 0 unspecified atom stereocenters. The number of para-hydroxylation sites is 3.